The van der Waals surface area contributed by atoms with Gasteiger partial charge in [0.15, 0.2) is 5.78 Å². The molecule has 2 aromatic carbocycles. The Balaban J connectivity index is 1.70. The summed E-state index contributed by atoms with van der Waals surface area (Å²) in [5.41, 5.74) is 1.48. The van der Waals surface area contributed by atoms with Gasteiger partial charge in [-0.25, -0.2) is 0 Å². The molecular weight excluding hydrogens is 438 g/mol. The number of rotatable bonds is 7. The van der Waals surface area contributed by atoms with Crippen molar-refractivity contribution in [1.82, 2.24) is 5.06 Å². The zero-order valence-corrected chi connectivity index (χ0v) is 21.7. The lowest BCUT2D eigenvalue weighted by molar-refractivity contribution is -0.286. The van der Waals surface area contributed by atoms with E-state index in [9.17, 15) is 9.59 Å². The van der Waals surface area contributed by atoms with E-state index in [1.807, 2.05) is 60.7 Å². The maximum absolute atomic E-state index is 14.0. The van der Waals surface area contributed by atoms with Crippen molar-refractivity contribution in [3.05, 3.63) is 71.8 Å². The molecule has 1 heterocycles. The van der Waals surface area contributed by atoms with Crippen LogP contribution >= 0.6 is 0 Å². The first-order chi connectivity index (χ1) is 16.7. The van der Waals surface area contributed by atoms with Gasteiger partial charge >= 0.3 is 5.97 Å². The number of Topliss-reactive ketones (excluding diaryl/α,β-unsaturated/α-hetero) is 1. The van der Waals surface area contributed by atoms with Crippen LogP contribution in [0, 0.1) is 17.8 Å². The van der Waals surface area contributed by atoms with E-state index >= 15 is 0 Å². The Morgan fingerprint density at radius 1 is 0.914 bits per heavy atom. The molecule has 2 aromatic rings. The van der Waals surface area contributed by atoms with Crippen molar-refractivity contribution in [2.75, 3.05) is 13.7 Å². The van der Waals surface area contributed by atoms with Crippen LogP contribution in [0.15, 0.2) is 60.7 Å². The van der Waals surface area contributed by atoms with Gasteiger partial charge in [0.25, 0.3) is 0 Å². The van der Waals surface area contributed by atoms with Gasteiger partial charge in [0.1, 0.15) is 0 Å². The number of hydroxylamine groups is 2. The molecule has 1 saturated carbocycles. The van der Waals surface area contributed by atoms with E-state index in [1.165, 1.54) is 13.5 Å². The molecule has 2 fully saturated rings. The van der Waals surface area contributed by atoms with Crippen molar-refractivity contribution in [2.45, 2.75) is 70.4 Å². The predicted molar refractivity (Wildman–Crippen MR) is 137 cm³/mol. The summed E-state index contributed by atoms with van der Waals surface area (Å²) in [6.07, 6.45) is 3.85. The number of hydrogen-bond donors (Lipinski definition) is 0. The third-order valence-electron chi connectivity index (χ3n) is 8.03. The van der Waals surface area contributed by atoms with E-state index in [0.29, 0.717) is 18.6 Å². The van der Waals surface area contributed by atoms with E-state index < -0.39 is 5.92 Å². The Labute approximate surface area is 209 Å². The molecule has 0 spiro atoms. The molecule has 0 unspecified atom stereocenters. The molecule has 2 aliphatic rings. The molecule has 1 saturated heterocycles. The highest BCUT2D eigenvalue weighted by Crippen LogP contribution is 2.50. The molecule has 4 atom stereocenters. The summed E-state index contributed by atoms with van der Waals surface area (Å²) in [5, 5.41) is 2.15. The Morgan fingerprint density at radius 3 is 2.06 bits per heavy atom. The number of carbonyl (C=O) groups is 2. The van der Waals surface area contributed by atoms with Gasteiger partial charge < -0.3 is 4.74 Å². The molecule has 4 rings (SSSR count). The number of ether oxygens (including phenoxy) is 1. The van der Waals surface area contributed by atoms with Gasteiger partial charge in [-0.05, 0) is 64.9 Å². The Bertz CT molecular complexity index is 1000. The number of nitrogens with zero attached hydrogens (tertiary/aromatic N) is 1. The summed E-state index contributed by atoms with van der Waals surface area (Å²) >= 11 is 0. The second kappa shape index (κ2) is 10.2. The van der Waals surface area contributed by atoms with Crippen LogP contribution in [-0.4, -0.2) is 41.6 Å². The number of benzene rings is 2. The maximum Gasteiger partial charge on any atom is 0.309 e. The van der Waals surface area contributed by atoms with Gasteiger partial charge in [-0.3, -0.25) is 14.4 Å². The van der Waals surface area contributed by atoms with E-state index in [2.05, 4.69) is 32.8 Å². The van der Waals surface area contributed by atoms with Crippen LogP contribution in [0.25, 0.3) is 0 Å². The lowest BCUT2D eigenvalue weighted by Crippen LogP contribution is -2.58. The molecule has 0 amide bonds. The summed E-state index contributed by atoms with van der Waals surface area (Å²) in [6, 6.07) is 19.4. The molecule has 1 aliphatic carbocycles. The SMILES string of the molecule is COC(=O)[C@@H]1C[C@H](CON2C(C)(C)CCCC2(C)C)[C@@H](C(=O)c2ccccc2)[C@@H]1c1ccccc1. The third kappa shape index (κ3) is 5.22. The van der Waals surface area contributed by atoms with Gasteiger partial charge in [-0.1, -0.05) is 60.7 Å². The minimum atomic E-state index is -0.393. The van der Waals surface area contributed by atoms with Crippen molar-refractivity contribution in [1.29, 1.82) is 0 Å². The highest BCUT2D eigenvalue weighted by Gasteiger charge is 2.52. The number of hydrogen-bond acceptors (Lipinski definition) is 5. The fourth-order valence-electron chi connectivity index (χ4n) is 6.51. The minimum absolute atomic E-state index is 0.0663. The standard InChI is InChI=1S/C30H39NO4/c1-29(2)17-12-18-30(3,4)31(29)35-20-23-19-24(28(33)34-5)25(21-13-8-6-9-14-21)26(23)27(32)22-15-10-7-11-16-22/h6-11,13-16,23-26H,12,17-20H2,1-5H3/t23-,24-,25-,26-/m1/s1. The van der Waals surface area contributed by atoms with E-state index in [4.69, 9.17) is 9.57 Å². The summed E-state index contributed by atoms with van der Waals surface area (Å²) in [6.45, 7) is 9.28. The monoisotopic (exact) mass is 477 g/mol. The Kier molecular flexibility index (Phi) is 7.48. The molecule has 1 aliphatic heterocycles. The van der Waals surface area contributed by atoms with Crippen molar-refractivity contribution in [3.63, 3.8) is 0 Å². The van der Waals surface area contributed by atoms with Crippen LogP contribution in [0.3, 0.4) is 0 Å². The quantitative estimate of drug-likeness (QED) is 0.359. The molecule has 0 radical (unpaired) electrons. The smallest absolute Gasteiger partial charge is 0.309 e. The number of esters is 1. The molecular formula is C30H39NO4. The molecule has 0 bridgehead atoms. The number of piperidine rings is 1. The lowest BCUT2D eigenvalue weighted by Gasteiger charge is -2.51. The minimum Gasteiger partial charge on any atom is -0.469 e. The van der Waals surface area contributed by atoms with Gasteiger partial charge in [0, 0.05) is 28.5 Å². The van der Waals surface area contributed by atoms with Crippen LogP contribution in [0.1, 0.15) is 75.2 Å². The lowest BCUT2D eigenvalue weighted by atomic mass is 9.77. The summed E-state index contributed by atoms with van der Waals surface area (Å²) in [4.78, 5) is 33.5. The number of methoxy groups -OCH3 is 1. The average Bonchev–Trinajstić information content (AvgIpc) is 3.22. The van der Waals surface area contributed by atoms with Crippen molar-refractivity contribution >= 4 is 11.8 Å². The second-order valence-corrected chi connectivity index (χ2v) is 11.4. The molecule has 5 heteroatoms. The van der Waals surface area contributed by atoms with Gasteiger partial charge in [0.05, 0.1) is 19.6 Å². The summed E-state index contributed by atoms with van der Waals surface area (Å²) < 4.78 is 5.23. The fourth-order valence-corrected chi connectivity index (χ4v) is 6.51. The summed E-state index contributed by atoms with van der Waals surface area (Å²) in [5.74, 6) is -1.32. The predicted octanol–water partition coefficient (Wildman–Crippen LogP) is 6.05. The van der Waals surface area contributed by atoms with Gasteiger partial charge in [-0.15, -0.1) is 0 Å². The third-order valence-corrected chi connectivity index (χ3v) is 8.03. The second-order valence-electron chi connectivity index (χ2n) is 11.4. The molecule has 188 valence electrons. The topological polar surface area (TPSA) is 55.8 Å². The fraction of sp³-hybridized carbons (Fsp3) is 0.533. The average molecular weight is 478 g/mol. The molecule has 5 nitrogen and oxygen atoms in total. The number of ketones is 1. The van der Waals surface area contributed by atoms with Crippen molar-refractivity contribution in [3.8, 4) is 0 Å². The highest BCUT2D eigenvalue weighted by molar-refractivity contribution is 5.99. The van der Waals surface area contributed by atoms with Crippen molar-refractivity contribution < 1.29 is 19.2 Å². The first-order valence-electron chi connectivity index (χ1n) is 12.8. The Hall–Kier alpha value is -2.50. The van der Waals surface area contributed by atoms with Crippen molar-refractivity contribution in [2.24, 2.45) is 17.8 Å². The van der Waals surface area contributed by atoms with Crippen LogP contribution in [0.4, 0.5) is 0 Å². The largest absolute Gasteiger partial charge is 0.469 e. The molecule has 35 heavy (non-hydrogen) atoms. The normalized spacial score (nSPS) is 27.9. The zero-order valence-electron chi connectivity index (χ0n) is 21.7. The molecule has 0 aromatic heterocycles. The first kappa shape index (κ1) is 25.6. The molecule has 0 N–H and O–H groups in total. The van der Waals surface area contributed by atoms with E-state index in [1.54, 1.807) is 0 Å². The van der Waals surface area contributed by atoms with Crippen LogP contribution in [0.2, 0.25) is 0 Å². The van der Waals surface area contributed by atoms with E-state index in [-0.39, 0.29) is 40.6 Å². The highest BCUT2D eigenvalue weighted by atomic mass is 16.7. The number of carbonyl (C=O) groups excluding carboxylic acids is 2. The van der Waals surface area contributed by atoms with Crippen LogP contribution < -0.4 is 0 Å². The maximum atomic E-state index is 14.0. The van der Waals surface area contributed by atoms with Crippen LogP contribution in [-0.2, 0) is 14.4 Å². The first-order valence-corrected chi connectivity index (χ1v) is 12.8. The van der Waals surface area contributed by atoms with Crippen LogP contribution in [0.5, 0.6) is 0 Å². The Morgan fingerprint density at radius 2 is 1.49 bits per heavy atom. The zero-order chi connectivity index (χ0) is 25.2. The van der Waals surface area contributed by atoms with Gasteiger partial charge in [-0.2, -0.15) is 5.06 Å². The van der Waals surface area contributed by atoms with Gasteiger partial charge in [0.2, 0.25) is 0 Å². The summed E-state index contributed by atoms with van der Waals surface area (Å²) in [7, 11) is 1.43. The van der Waals surface area contributed by atoms with E-state index in [0.717, 1.165) is 18.4 Å².